The summed E-state index contributed by atoms with van der Waals surface area (Å²) in [6, 6.07) is 28.4. The zero-order valence-electron chi connectivity index (χ0n) is 28.9. The molecule has 258 valence electrons. The Kier molecular flexibility index (Phi) is 11.8. The van der Waals surface area contributed by atoms with Crippen LogP contribution in [0.5, 0.6) is 5.75 Å². The summed E-state index contributed by atoms with van der Waals surface area (Å²) in [4.78, 5) is 30.8. The second kappa shape index (κ2) is 16.2. The van der Waals surface area contributed by atoms with Crippen molar-refractivity contribution in [2.75, 3.05) is 18.0 Å². The largest absolute Gasteiger partial charge is 0.495 e. The van der Waals surface area contributed by atoms with Crippen LogP contribution in [0.15, 0.2) is 102 Å². The van der Waals surface area contributed by atoms with E-state index in [0.717, 1.165) is 64.2 Å². The third-order valence-electron chi connectivity index (χ3n) is 9.15. The zero-order chi connectivity index (χ0) is 35.0. The molecule has 0 saturated heterocycles. The summed E-state index contributed by atoms with van der Waals surface area (Å²) in [5.41, 5.74) is 4.72. The number of ether oxygens (including phenoxy) is 1. The van der Waals surface area contributed by atoms with E-state index in [2.05, 4.69) is 5.32 Å². The Morgan fingerprint density at radius 1 is 0.796 bits per heavy atom. The van der Waals surface area contributed by atoms with Gasteiger partial charge in [-0.2, -0.15) is 0 Å². The number of methoxy groups -OCH3 is 1. The monoisotopic (exact) mass is 681 g/mol. The summed E-state index contributed by atoms with van der Waals surface area (Å²) < 4.78 is 35.7. The molecule has 49 heavy (non-hydrogen) atoms. The lowest BCUT2D eigenvalue weighted by Crippen LogP contribution is -2.55. The van der Waals surface area contributed by atoms with Gasteiger partial charge in [-0.15, -0.1) is 0 Å². The van der Waals surface area contributed by atoms with E-state index in [1.165, 1.54) is 7.11 Å². The van der Waals surface area contributed by atoms with Crippen LogP contribution in [0.3, 0.4) is 0 Å². The molecule has 1 aliphatic rings. The normalized spacial score (nSPS) is 14.1. The van der Waals surface area contributed by atoms with Crippen LogP contribution in [0.1, 0.15) is 59.9 Å². The fourth-order valence-electron chi connectivity index (χ4n) is 6.45. The third-order valence-corrected chi connectivity index (χ3v) is 10.9. The van der Waals surface area contributed by atoms with Gasteiger partial charge in [0.15, 0.2) is 0 Å². The number of benzene rings is 4. The molecule has 5 rings (SSSR count). The van der Waals surface area contributed by atoms with Gasteiger partial charge in [0.1, 0.15) is 18.3 Å². The number of hydrogen-bond acceptors (Lipinski definition) is 5. The van der Waals surface area contributed by atoms with Crippen LogP contribution in [-0.2, 0) is 32.6 Å². The Morgan fingerprint density at radius 3 is 2.12 bits per heavy atom. The van der Waals surface area contributed by atoms with Crippen molar-refractivity contribution in [3.8, 4) is 5.75 Å². The van der Waals surface area contributed by atoms with Gasteiger partial charge in [0.25, 0.3) is 10.0 Å². The van der Waals surface area contributed by atoms with Gasteiger partial charge in [-0.05, 0) is 74.6 Å². The van der Waals surface area contributed by atoms with Crippen LogP contribution in [0.2, 0.25) is 0 Å². The molecule has 0 heterocycles. The van der Waals surface area contributed by atoms with Crippen LogP contribution in [-0.4, -0.2) is 50.9 Å². The number of amides is 2. The summed E-state index contributed by atoms with van der Waals surface area (Å²) >= 11 is 0. The second-order valence-corrected chi connectivity index (χ2v) is 14.9. The Bertz CT molecular complexity index is 1840. The molecule has 2 amide bonds. The molecule has 4 aromatic rings. The molecule has 1 atom stereocenters. The highest BCUT2D eigenvalue weighted by Crippen LogP contribution is 2.34. The maximum atomic E-state index is 14.9. The van der Waals surface area contributed by atoms with E-state index in [4.69, 9.17) is 4.74 Å². The highest BCUT2D eigenvalue weighted by atomic mass is 32.2. The minimum Gasteiger partial charge on any atom is -0.495 e. The quantitative estimate of drug-likeness (QED) is 0.166. The lowest BCUT2D eigenvalue weighted by atomic mass is 9.94. The maximum Gasteiger partial charge on any atom is 0.264 e. The van der Waals surface area contributed by atoms with Gasteiger partial charge >= 0.3 is 0 Å². The van der Waals surface area contributed by atoms with Gasteiger partial charge in [-0.25, -0.2) is 8.42 Å². The van der Waals surface area contributed by atoms with Gasteiger partial charge in [-0.3, -0.25) is 13.9 Å². The van der Waals surface area contributed by atoms with Crippen molar-refractivity contribution in [2.45, 2.75) is 82.8 Å². The molecular formula is C40H47N3O5S. The number of rotatable bonds is 13. The number of carbonyl (C=O) groups is 2. The average molecular weight is 682 g/mol. The first-order valence-corrected chi connectivity index (χ1v) is 18.4. The number of anilines is 1. The Balaban J connectivity index is 1.60. The molecule has 1 fully saturated rings. The van der Waals surface area contributed by atoms with Crippen LogP contribution in [0.4, 0.5) is 5.69 Å². The number of carbonyl (C=O) groups excluding carboxylic acids is 2. The molecule has 4 aromatic carbocycles. The van der Waals surface area contributed by atoms with Gasteiger partial charge < -0.3 is 15.0 Å². The predicted octanol–water partition coefficient (Wildman–Crippen LogP) is 6.90. The van der Waals surface area contributed by atoms with Crippen molar-refractivity contribution < 1.29 is 22.7 Å². The lowest BCUT2D eigenvalue weighted by Gasteiger charge is -2.35. The number of hydrogen-bond donors (Lipinski definition) is 1. The number of aryl methyl sites for hydroxylation is 3. The van der Waals surface area contributed by atoms with Gasteiger partial charge in [0.2, 0.25) is 11.8 Å². The molecule has 0 unspecified atom stereocenters. The fraction of sp³-hybridized carbons (Fsp3) is 0.350. The first kappa shape index (κ1) is 35.7. The Hall–Kier alpha value is -4.63. The van der Waals surface area contributed by atoms with Gasteiger partial charge in [0, 0.05) is 19.0 Å². The third kappa shape index (κ3) is 9.09. The summed E-state index contributed by atoms with van der Waals surface area (Å²) in [7, 11) is -2.78. The van der Waals surface area contributed by atoms with Crippen LogP contribution < -0.4 is 14.4 Å². The Morgan fingerprint density at radius 2 is 1.45 bits per heavy atom. The lowest BCUT2D eigenvalue weighted by molar-refractivity contribution is -0.140. The molecule has 0 aliphatic heterocycles. The smallest absolute Gasteiger partial charge is 0.264 e. The molecule has 0 aromatic heterocycles. The van der Waals surface area contributed by atoms with Crippen molar-refractivity contribution in [1.29, 1.82) is 0 Å². The molecule has 1 N–H and O–H groups in total. The predicted molar refractivity (Wildman–Crippen MR) is 194 cm³/mol. The Labute approximate surface area is 291 Å². The number of sulfonamides is 1. The number of nitrogens with one attached hydrogen (secondary N) is 1. The SMILES string of the molecule is COc1ccc(C)cc1N(CC(=O)N(Cc1cccc(C)c1)[C@@H](Cc1ccccc1)C(=O)NC1CCCCC1)S(=O)(=O)c1ccc(C)cc1. The van der Waals surface area contributed by atoms with E-state index < -0.39 is 28.5 Å². The van der Waals surface area contributed by atoms with Gasteiger partial charge in [-0.1, -0.05) is 103 Å². The molecule has 0 spiro atoms. The minimum atomic E-state index is -4.25. The summed E-state index contributed by atoms with van der Waals surface area (Å²) in [6.07, 6.45) is 5.30. The summed E-state index contributed by atoms with van der Waals surface area (Å²) in [6.45, 7) is 5.31. The van der Waals surface area contributed by atoms with E-state index in [1.807, 2.05) is 81.4 Å². The highest BCUT2D eigenvalue weighted by molar-refractivity contribution is 7.92. The molecule has 8 nitrogen and oxygen atoms in total. The van der Waals surface area contributed by atoms with Crippen molar-refractivity contribution in [2.24, 2.45) is 0 Å². The molecule has 9 heteroatoms. The zero-order valence-corrected chi connectivity index (χ0v) is 29.7. The molecule has 1 aliphatic carbocycles. The van der Waals surface area contributed by atoms with Crippen LogP contribution in [0, 0.1) is 20.8 Å². The van der Waals surface area contributed by atoms with E-state index in [9.17, 15) is 18.0 Å². The van der Waals surface area contributed by atoms with Crippen molar-refractivity contribution in [3.05, 3.63) is 125 Å². The molecule has 0 radical (unpaired) electrons. The fourth-order valence-corrected chi connectivity index (χ4v) is 7.87. The topological polar surface area (TPSA) is 96.0 Å². The standard InChI is InChI=1S/C40H47N3O5S/c1-29-18-21-35(22-19-29)49(46,47)43(36-25-31(3)20-23-38(36)48-4)28-39(44)42(27-33-15-11-12-30(2)24-33)37(26-32-13-7-5-8-14-32)40(45)41-34-16-9-6-10-17-34/h5,7-8,11-15,18-25,34,37H,6,9-10,16-17,26-28H2,1-4H3,(H,41,45)/t37-/m0/s1. The van der Waals surface area contributed by atoms with Gasteiger partial charge in [0.05, 0.1) is 17.7 Å². The van der Waals surface area contributed by atoms with Crippen LogP contribution >= 0.6 is 0 Å². The average Bonchev–Trinajstić information content (AvgIpc) is 3.09. The van der Waals surface area contributed by atoms with Crippen molar-refractivity contribution in [3.63, 3.8) is 0 Å². The first-order chi connectivity index (χ1) is 23.5. The first-order valence-electron chi connectivity index (χ1n) is 17.0. The number of nitrogens with zero attached hydrogens (tertiary/aromatic N) is 2. The molecule has 1 saturated carbocycles. The maximum absolute atomic E-state index is 14.9. The second-order valence-electron chi connectivity index (χ2n) is 13.1. The summed E-state index contributed by atoms with van der Waals surface area (Å²) in [5.74, 6) is -0.423. The van der Waals surface area contributed by atoms with E-state index in [1.54, 1.807) is 41.3 Å². The van der Waals surface area contributed by atoms with E-state index in [0.29, 0.717) is 5.75 Å². The molecular weight excluding hydrogens is 635 g/mol. The van der Waals surface area contributed by atoms with Crippen molar-refractivity contribution >= 4 is 27.5 Å². The highest BCUT2D eigenvalue weighted by Gasteiger charge is 2.36. The van der Waals surface area contributed by atoms with Crippen LogP contribution in [0.25, 0.3) is 0 Å². The van der Waals surface area contributed by atoms with E-state index in [-0.39, 0.29) is 35.5 Å². The van der Waals surface area contributed by atoms with Crippen molar-refractivity contribution in [1.82, 2.24) is 10.2 Å². The minimum absolute atomic E-state index is 0.0328. The molecule has 0 bridgehead atoms. The summed E-state index contributed by atoms with van der Waals surface area (Å²) in [5, 5.41) is 3.26. The van der Waals surface area contributed by atoms with E-state index >= 15 is 0 Å².